The standard InChI is InChI=1S/C23H35N/c1-6-10-12-13-18-23(19-14-16-21(5)9-4)24-20-22(15-8-3)17-11-7-2/h6-7,10-14,16-17,19-21,24H,2,8-9,15,18H2,1,3-5H3/b10-6-,13-12-,16-14-,17-11-,22-20+,23-19+. The Kier molecular flexibility index (Phi) is 14.5. The van der Waals surface area contributed by atoms with Crippen LogP contribution in [0.3, 0.4) is 0 Å². The Labute approximate surface area is 149 Å². The van der Waals surface area contributed by atoms with Crippen molar-refractivity contribution in [1.82, 2.24) is 5.32 Å². The number of hydrogen-bond donors (Lipinski definition) is 1. The highest BCUT2D eigenvalue weighted by atomic mass is 14.8. The molecule has 0 heterocycles. The molecule has 0 aliphatic carbocycles. The Morgan fingerprint density at radius 2 is 1.92 bits per heavy atom. The molecule has 1 atom stereocenters. The lowest BCUT2D eigenvalue weighted by molar-refractivity contribution is 0.698. The zero-order valence-electron chi connectivity index (χ0n) is 16.0. The fourth-order valence-electron chi connectivity index (χ4n) is 1.93. The van der Waals surface area contributed by atoms with Crippen LogP contribution in [-0.4, -0.2) is 0 Å². The number of rotatable bonds is 12. The summed E-state index contributed by atoms with van der Waals surface area (Å²) in [5.74, 6) is 0.614. The van der Waals surface area contributed by atoms with Gasteiger partial charge in [0.05, 0.1) is 0 Å². The van der Waals surface area contributed by atoms with E-state index in [1.807, 2.05) is 25.2 Å². The molecular formula is C23H35N. The van der Waals surface area contributed by atoms with Crippen molar-refractivity contribution in [2.75, 3.05) is 0 Å². The van der Waals surface area contributed by atoms with Crippen molar-refractivity contribution in [2.45, 2.75) is 53.4 Å². The zero-order valence-corrected chi connectivity index (χ0v) is 16.0. The molecule has 0 saturated carbocycles. The van der Waals surface area contributed by atoms with Crippen molar-refractivity contribution < 1.29 is 0 Å². The van der Waals surface area contributed by atoms with Gasteiger partial charge in [-0.2, -0.15) is 0 Å². The Morgan fingerprint density at radius 1 is 1.12 bits per heavy atom. The van der Waals surface area contributed by atoms with Gasteiger partial charge in [0.2, 0.25) is 0 Å². The van der Waals surface area contributed by atoms with Gasteiger partial charge in [0, 0.05) is 18.3 Å². The lowest BCUT2D eigenvalue weighted by Crippen LogP contribution is -2.05. The van der Waals surface area contributed by atoms with Crippen molar-refractivity contribution in [2.24, 2.45) is 5.92 Å². The second-order valence-electron chi connectivity index (χ2n) is 5.83. The van der Waals surface area contributed by atoms with Gasteiger partial charge in [0.25, 0.3) is 0 Å². The van der Waals surface area contributed by atoms with E-state index >= 15 is 0 Å². The number of nitrogens with one attached hydrogen (secondary N) is 1. The second kappa shape index (κ2) is 15.9. The fraction of sp³-hybridized carbons (Fsp3) is 0.391. The maximum absolute atomic E-state index is 3.74. The van der Waals surface area contributed by atoms with E-state index in [0.717, 1.165) is 19.3 Å². The van der Waals surface area contributed by atoms with Crippen molar-refractivity contribution >= 4 is 0 Å². The molecule has 0 spiro atoms. The molecule has 0 bridgehead atoms. The van der Waals surface area contributed by atoms with E-state index in [-0.39, 0.29) is 0 Å². The predicted molar refractivity (Wildman–Crippen MR) is 111 cm³/mol. The molecule has 0 aromatic heterocycles. The summed E-state index contributed by atoms with van der Waals surface area (Å²) < 4.78 is 0. The topological polar surface area (TPSA) is 12.0 Å². The van der Waals surface area contributed by atoms with Crippen LogP contribution in [-0.2, 0) is 0 Å². The van der Waals surface area contributed by atoms with Crippen LogP contribution in [0.5, 0.6) is 0 Å². The third-order valence-corrected chi connectivity index (χ3v) is 3.59. The predicted octanol–water partition coefficient (Wildman–Crippen LogP) is 7.01. The van der Waals surface area contributed by atoms with E-state index in [1.165, 1.54) is 17.7 Å². The Hall–Kier alpha value is -2.02. The second-order valence-corrected chi connectivity index (χ2v) is 5.83. The highest BCUT2D eigenvalue weighted by Crippen LogP contribution is 2.08. The van der Waals surface area contributed by atoms with Gasteiger partial charge >= 0.3 is 0 Å². The molecule has 24 heavy (non-hydrogen) atoms. The number of allylic oxidation sites excluding steroid dienone is 11. The van der Waals surface area contributed by atoms with E-state index < -0.39 is 0 Å². The summed E-state index contributed by atoms with van der Waals surface area (Å²) in [5, 5.41) is 3.47. The maximum Gasteiger partial charge on any atom is 0.0184 e. The van der Waals surface area contributed by atoms with Crippen LogP contribution in [0.2, 0.25) is 0 Å². The van der Waals surface area contributed by atoms with Crippen LogP contribution >= 0.6 is 0 Å². The third kappa shape index (κ3) is 12.5. The molecule has 1 nitrogen and oxygen atoms in total. The maximum atomic E-state index is 3.74. The smallest absolute Gasteiger partial charge is 0.0184 e. The SMILES string of the molecule is C=C/C=C\C(=C\N/C(=C/C=C\C(C)CC)C/C=C\C=C/C)CCC. The molecule has 0 aromatic rings. The molecule has 0 aliphatic heterocycles. The molecule has 132 valence electrons. The minimum absolute atomic E-state index is 0.614. The summed E-state index contributed by atoms with van der Waals surface area (Å²) in [6.07, 6.45) is 27.2. The number of hydrogen-bond acceptors (Lipinski definition) is 1. The fourth-order valence-corrected chi connectivity index (χ4v) is 1.93. The van der Waals surface area contributed by atoms with Crippen LogP contribution in [0.4, 0.5) is 0 Å². The van der Waals surface area contributed by atoms with Crippen LogP contribution in [0.25, 0.3) is 0 Å². The monoisotopic (exact) mass is 325 g/mol. The molecule has 0 saturated heterocycles. The van der Waals surface area contributed by atoms with Gasteiger partial charge in [-0.3, -0.25) is 0 Å². The summed E-state index contributed by atoms with van der Waals surface area (Å²) in [4.78, 5) is 0. The van der Waals surface area contributed by atoms with Gasteiger partial charge in [-0.25, -0.2) is 0 Å². The molecule has 1 unspecified atom stereocenters. The minimum atomic E-state index is 0.614. The summed E-state index contributed by atoms with van der Waals surface area (Å²) in [6, 6.07) is 0. The van der Waals surface area contributed by atoms with Crippen molar-refractivity contribution in [3.63, 3.8) is 0 Å². The molecule has 0 fully saturated rings. The van der Waals surface area contributed by atoms with Gasteiger partial charge in [0.15, 0.2) is 0 Å². The molecule has 0 aliphatic rings. The average Bonchev–Trinajstić information content (AvgIpc) is 2.59. The summed E-state index contributed by atoms with van der Waals surface area (Å²) >= 11 is 0. The Balaban J connectivity index is 5.07. The summed E-state index contributed by atoms with van der Waals surface area (Å²) in [7, 11) is 0. The summed E-state index contributed by atoms with van der Waals surface area (Å²) in [5.41, 5.74) is 2.47. The molecule has 0 rings (SSSR count). The lowest BCUT2D eigenvalue weighted by atomic mass is 10.1. The van der Waals surface area contributed by atoms with E-state index in [0.29, 0.717) is 5.92 Å². The van der Waals surface area contributed by atoms with Crippen molar-refractivity contribution in [3.8, 4) is 0 Å². The molecule has 1 heteroatoms. The quantitative estimate of drug-likeness (QED) is 0.380. The first kappa shape index (κ1) is 22.0. The van der Waals surface area contributed by atoms with Crippen LogP contribution in [0.15, 0.2) is 84.8 Å². The molecule has 0 radical (unpaired) electrons. The Bertz CT molecular complexity index is 498. The van der Waals surface area contributed by atoms with Gasteiger partial charge in [0.1, 0.15) is 0 Å². The summed E-state index contributed by atoms with van der Waals surface area (Å²) in [6.45, 7) is 12.4. The van der Waals surface area contributed by atoms with Crippen LogP contribution in [0, 0.1) is 5.92 Å². The van der Waals surface area contributed by atoms with Crippen molar-refractivity contribution in [3.05, 3.63) is 84.8 Å². The molecular weight excluding hydrogens is 290 g/mol. The normalized spacial score (nSPS) is 15.2. The first-order chi connectivity index (χ1) is 11.7. The first-order valence-electron chi connectivity index (χ1n) is 9.07. The van der Waals surface area contributed by atoms with E-state index in [9.17, 15) is 0 Å². The molecule has 1 N–H and O–H groups in total. The lowest BCUT2D eigenvalue weighted by Gasteiger charge is -2.07. The van der Waals surface area contributed by atoms with Gasteiger partial charge < -0.3 is 5.32 Å². The third-order valence-electron chi connectivity index (χ3n) is 3.59. The molecule has 0 aromatic carbocycles. The Morgan fingerprint density at radius 3 is 2.54 bits per heavy atom. The highest BCUT2D eigenvalue weighted by molar-refractivity contribution is 5.24. The van der Waals surface area contributed by atoms with Gasteiger partial charge in [-0.1, -0.05) is 94.9 Å². The highest BCUT2D eigenvalue weighted by Gasteiger charge is 1.95. The largest absolute Gasteiger partial charge is 0.364 e. The van der Waals surface area contributed by atoms with Crippen molar-refractivity contribution in [1.29, 1.82) is 0 Å². The minimum Gasteiger partial charge on any atom is -0.364 e. The van der Waals surface area contributed by atoms with Crippen LogP contribution in [0.1, 0.15) is 53.4 Å². The average molecular weight is 326 g/mol. The van der Waals surface area contributed by atoms with Crippen LogP contribution < -0.4 is 5.32 Å². The van der Waals surface area contributed by atoms with E-state index in [1.54, 1.807) is 0 Å². The zero-order chi connectivity index (χ0) is 18.0. The molecule has 0 amide bonds. The van der Waals surface area contributed by atoms with E-state index in [4.69, 9.17) is 0 Å². The van der Waals surface area contributed by atoms with Gasteiger partial charge in [-0.05, 0) is 30.9 Å². The van der Waals surface area contributed by atoms with Gasteiger partial charge in [-0.15, -0.1) is 0 Å². The van der Waals surface area contributed by atoms with E-state index in [2.05, 4.69) is 81.4 Å². The first-order valence-corrected chi connectivity index (χ1v) is 9.07.